The highest BCUT2D eigenvalue weighted by molar-refractivity contribution is 5.78. The number of aromatic nitrogens is 2. The zero-order valence-corrected chi connectivity index (χ0v) is 11.4. The van der Waals surface area contributed by atoms with Crippen LogP contribution in [0.4, 0.5) is 0 Å². The number of carbonyl (C=O) groups is 1. The summed E-state index contributed by atoms with van der Waals surface area (Å²) in [7, 11) is 0. The maximum Gasteiger partial charge on any atom is 0.253 e. The molecule has 0 spiro atoms. The van der Waals surface area contributed by atoms with Crippen molar-refractivity contribution < 1.29 is 4.79 Å². The van der Waals surface area contributed by atoms with Gasteiger partial charge in [0.2, 0.25) is 5.91 Å². The molecular weight excluding hydrogens is 254 g/mol. The SMILES string of the molecule is Cc1cccc(CC(=O)NCCn2cnccc2=O)c1. The fourth-order valence-corrected chi connectivity index (χ4v) is 1.93. The molecule has 0 saturated heterocycles. The van der Waals surface area contributed by atoms with E-state index in [1.807, 2.05) is 31.2 Å². The quantitative estimate of drug-likeness (QED) is 0.879. The molecule has 0 aliphatic heterocycles. The highest BCUT2D eigenvalue weighted by atomic mass is 16.1. The zero-order chi connectivity index (χ0) is 14.4. The van der Waals surface area contributed by atoms with Crippen molar-refractivity contribution >= 4 is 5.91 Å². The van der Waals surface area contributed by atoms with Crippen LogP contribution in [0.5, 0.6) is 0 Å². The number of nitrogens with zero attached hydrogens (tertiary/aromatic N) is 2. The Bertz CT molecular complexity index is 649. The second-order valence-electron chi connectivity index (χ2n) is 4.63. The Kier molecular flexibility index (Phi) is 4.65. The molecule has 5 nitrogen and oxygen atoms in total. The molecule has 0 radical (unpaired) electrons. The topological polar surface area (TPSA) is 64.0 Å². The summed E-state index contributed by atoms with van der Waals surface area (Å²) in [6, 6.07) is 9.25. The fraction of sp³-hybridized carbons (Fsp3) is 0.267. The molecule has 0 saturated carbocycles. The highest BCUT2D eigenvalue weighted by Gasteiger charge is 2.03. The number of nitrogens with one attached hydrogen (secondary N) is 1. The lowest BCUT2D eigenvalue weighted by Crippen LogP contribution is -2.31. The summed E-state index contributed by atoms with van der Waals surface area (Å²) in [5.74, 6) is -0.0486. The first-order valence-corrected chi connectivity index (χ1v) is 6.48. The third-order valence-electron chi connectivity index (χ3n) is 2.91. The fourth-order valence-electron chi connectivity index (χ4n) is 1.93. The van der Waals surface area contributed by atoms with Crippen LogP contribution in [-0.4, -0.2) is 22.0 Å². The van der Waals surface area contributed by atoms with E-state index in [-0.39, 0.29) is 11.5 Å². The number of hydrogen-bond acceptors (Lipinski definition) is 3. The van der Waals surface area contributed by atoms with Crippen molar-refractivity contribution in [3.05, 3.63) is 64.3 Å². The summed E-state index contributed by atoms with van der Waals surface area (Å²) in [6.45, 7) is 2.83. The van der Waals surface area contributed by atoms with Gasteiger partial charge in [-0.3, -0.25) is 14.2 Å². The van der Waals surface area contributed by atoms with Crippen LogP contribution < -0.4 is 10.9 Å². The van der Waals surface area contributed by atoms with Gasteiger partial charge in [-0.2, -0.15) is 0 Å². The van der Waals surface area contributed by atoms with Gasteiger partial charge in [-0.25, -0.2) is 4.98 Å². The lowest BCUT2D eigenvalue weighted by atomic mass is 10.1. The van der Waals surface area contributed by atoms with E-state index in [1.165, 1.54) is 23.2 Å². The van der Waals surface area contributed by atoms with Gasteiger partial charge >= 0.3 is 0 Å². The Morgan fingerprint density at radius 3 is 2.95 bits per heavy atom. The van der Waals surface area contributed by atoms with Crippen LogP contribution in [0.15, 0.2) is 47.7 Å². The van der Waals surface area contributed by atoms with Crippen molar-refractivity contribution in [3.63, 3.8) is 0 Å². The normalized spacial score (nSPS) is 10.2. The number of carbonyl (C=O) groups excluding carboxylic acids is 1. The molecule has 0 aliphatic carbocycles. The summed E-state index contributed by atoms with van der Waals surface area (Å²) in [6.07, 6.45) is 3.27. The molecule has 104 valence electrons. The summed E-state index contributed by atoms with van der Waals surface area (Å²) >= 11 is 0. The predicted molar refractivity (Wildman–Crippen MR) is 76.4 cm³/mol. The van der Waals surface area contributed by atoms with Crippen LogP contribution >= 0.6 is 0 Å². The molecule has 0 fully saturated rings. The Morgan fingerprint density at radius 1 is 1.35 bits per heavy atom. The van der Waals surface area contributed by atoms with E-state index in [0.29, 0.717) is 19.5 Å². The summed E-state index contributed by atoms with van der Waals surface area (Å²) < 4.78 is 1.47. The standard InChI is InChI=1S/C15H17N3O2/c1-12-3-2-4-13(9-12)10-14(19)17-7-8-18-11-16-6-5-15(18)20/h2-6,9,11H,7-8,10H2,1H3,(H,17,19). The van der Waals surface area contributed by atoms with E-state index in [9.17, 15) is 9.59 Å². The monoisotopic (exact) mass is 271 g/mol. The van der Waals surface area contributed by atoms with Crippen molar-refractivity contribution in [2.24, 2.45) is 0 Å². The first-order chi connectivity index (χ1) is 9.65. The summed E-state index contributed by atoms with van der Waals surface area (Å²) in [5, 5.41) is 2.80. The second kappa shape index (κ2) is 6.65. The van der Waals surface area contributed by atoms with Crippen LogP contribution in [0, 0.1) is 6.92 Å². The molecule has 0 atom stereocenters. The van der Waals surface area contributed by atoms with Crippen LogP contribution in [0.1, 0.15) is 11.1 Å². The summed E-state index contributed by atoms with van der Waals surface area (Å²) in [4.78, 5) is 27.1. The van der Waals surface area contributed by atoms with Gasteiger partial charge in [0.25, 0.3) is 5.56 Å². The van der Waals surface area contributed by atoms with Crippen LogP contribution in [0.2, 0.25) is 0 Å². The van der Waals surface area contributed by atoms with Gasteiger partial charge in [0.1, 0.15) is 0 Å². The first-order valence-electron chi connectivity index (χ1n) is 6.48. The zero-order valence-electron chi connectivity index (χ0n) is 11.4. The minimum absolute atomic E-state index is 0.0486. The molecular formula is C15H17N3O2. The molecule has 1 N–H and O–H groups in total. The molecule has 20 heavy (non-hydrogen) atoms. The van der Waals surface area contributed by atoms with Crippen molar-refractivity contribution in [1.82, 2.24) is 14.9 Å². The number of amides is 1. The number of rotatable bonds is 5. The third-order valence-corrected chi connectivity index (χ3v) is 2.91. The molecule has 1 aromatic carbocycles. The van der Waals surface area contributed by atoms with Crippen molar-refractivity contribution in [1.29, 1.82) is 0 Å². The maximum atomic E-state index is 11.8. The molecule has 5 heteroatoms. The van der Waals surface area contributed by atoms with E-state index in [4.69, 9.17) is 0 Å². The molecule has 1 amide bonds. The minimum atomic E-state index is -0.118. The number of benzene rings is 1. The van der Waals surface area contributed by atoms with E-state index in [2.05, 4.69) is 10.3 Å². The van der Waals surface area contributed by atoms with E-state index in [0.717, 1.165) is 11.1 Å². The molecule has 1 aromatic heterocycles. The van der Waals surface area contributed by atoms with Gasteiger partial charge < -0.3 is 5.32 Å². The maximum absolute atomic E-state index is 11.8. The molecule has 0 unspecified atom stereocenters. The van der Waals surface area contributed by atoms with Crippen molar-refractivity contribution in [3.8, 4) is 0 Å². The van der Waals surface area contributed by atoms with Crippen LogP contribution in [0.25, 0.3) is 0 Å². The van der Waals surface area contributed by atoms with Gasteiger partial charge in [0.05, 0.1) is 12.7 Å². The molecule has 2 rings (SSSR count). The van der Waals surface area contributed by atoms with Crippen molar-refractivity contribution in [2.45, 2.75) is 19.9 Å². The van der Waals surface area contributed by atoms with Gasteiger partial charge in [-0.05, 0) is 12.5 Å². The number of hydrogen-bond donors (Lipinski definition) is 1. The van der Waals surface area contributed by atoms with Crippen LogP contribution in [0.3, 0.4) is 0 Å². The Hall–Kier alpha value is -2.43. The average molecular weight is 271 g/mol. The summed E-state index contributed by atoms with van der Waals surface area (Å²) in [5.41, 5.74) is 2.01. The lowest BCUT2D eigenvalue weighted by Gasteiger charge is -2.07. The average Bonchev–Trinajstić information content (AvgIpc) is 2.41. The smallest absolute Gasteiger partial charge is 0.253 e. The number of aryl methyl sites for hydroxylation is 1. The first kappa shape index (κ1) is 14.0. The van der Waals surface area contributed by atoms with E-state index in [1.54, 1.807) is 0 Å². The minimum Gasteiger partial charge on any atom is -0.354 e. The Labute approximate surface area is 117 Å². The van der Waals surface area contributed by atoms with Gasteiger partial charge in [-0.15, -0.1) is 0 Å². The van der Waals surface area contributed by atoms with Crippen molar-refractivity contribution in [2.75, 3.05) is 6.54 Å². The Balaban J connectivity index is 1.81. The van der Waals surface area contributed by atoms with E-state index >= 15 is 0 Å². The Morgan fingerprint density at radius 2 is 2.20 bits per heavy atom. The lowest BCUT2D eigenvalue weighted by molar-refractivity contribution is -0.120. The van der Waals surface area contributed by atoms with Gasteiger partial charge in [0.15, 0.2) is 0 Å². The van der Waals surface area contributed by atoms with Crippen LogP contribution in [-0.2, 0) is 17.8 Å². The van der Waals surface area contributed by atoms with E-state index < -0.39 is 0 Å². The molecule has 0 aliphatic rings. The van der Waals surface area contributed by atoms with Gasteiger partial charge in [0, 0.05) is 25.4 Å². The predicted octanol–water partition coefficient (Wildman–Crippen LogP) is 0.911. The largest absolute Gasteiger partial charge is 0.354 e. The third kappa shape index (κ3) is 4.05. The molecule has 1 heterocycles. The van der Waals surface area contributed by atoms with Gasteiger partial charge in [-0.1, -0.05) is 29.8 Å². The molecule has 2 aromatic rings. The second-order valence-corrected chi connectivity index (χ2v) is 4.63. The molecule has 0 bridgehead atoms. The highest BCUT2D eigenvalue weighted by Crippen LogP contribution is 2.04.